The predicted octanol–water partition coefficient (Wildman–Crippen LogP) is 4.37. The molecule has 0 aliphatic rings. The molecule has 144 valence electrons. The van der Waals surface area contributed by atoms with Crippen LogP contribution in [0.5, 0.6) is 0 Å². The fourth-order valence-electron chi connectivity index (χ4n) is 2.25. The van der Waals surface area contributed by atoms with Gasteiger partial charge in [0.2, 0.25) is 0 Å². The number of hydrogen-bond donors (Lipinski definition) is 0. The van der Waals surface area contributed by atoms with Crippen molar-refractivity contribution >= 4 is 14.5 Å². The minimum absolute atomic E-state index is 0.122. The van der Waals surface area contributed by atoms with Gasteiger partial charge in [0.1, 0.15) is 5.69 Å². The Balaban J connectivity index is 2.64. The van der Waals surface area contributed by atoms with Gasteiger partial charge in [-0.2, -0.15) is 0 Å². The van der Waals surface area contributed by atoms with Gasteiger partial charge < -0.3 is 13.3 Å². The van der Waals surface area contributed by atoms with Gasteiger partial charge in [-0.3, -0.25) is 0 Å². The van der Waals surface area contributed by atoms with E-state index in [4.69, 9.17) is 13.3 Å². The van der Waals surface area contributed by atoms with Crippen LogP contribution in [0.4, 0.5) is 27.7 Å². The summed E-state index contributed by atoms with van der Waals surface area (Å²) in [5.74, 6) is -7.46. The molecule has 0 spiro atoms. The largest absolute Gasteiger partial charge is 0.500 e. The normalized spacial score (nSPS) is 12.1. The molecule has 10 heteroatoms. The first-order valence-corrected chi connectivity index (χ1v) is 9.65. The summed E-state index contributed by atoms with van der Waals surface area (Å²) in [7, 11) is 0.0360. The lowest BCUT2D eigenvalue weighted by Gasteiger charge is -2.28. The Bertz CT molecular complexity index is 573. The molecule has 0 bridgehead atoms. The number of anilines is 1. The number of halogens is 5. The quantitative estimate of drug-likeness (QED) is 0.149. The van der Waals surface area contributed by atoms with Crippen molar-refractivity contribution in [2.45, 2.75) is 38.8 Å². The van der Waals surface area contributed by atoms with Crippen molar-refractivity contribution in [2.75, 3.05) is 25.9 Å². The maximum Gasteiger partial charge on any atom is 0.500 e. The van der Waals surface area contributed by atoms with E-state index in [1.54, 1.807) is 0 Å². The Labute approximate surface area is 144 Å². The summed E-state index contributed by atoms with van der Waals surface area (Å²) >= 11 is 0. The van der Waals surface area contributed by atoms with Gasteiger partial charge in [0.25, 0.3) is 0 Å². The Morgan fingerprint density at radius 3 is 2.12 bits per heavy atom. The minimum atomic E-state index is -2.88. The van der Waals surface area contributed by atoms with Crippen molar-refractivity contribution in [2.24, 2.45) is 0 Å². The lowest BCUT2D eigenvalue weighted by Crippen LogP contribution is -2.45. The first-order chi connectivity index (χ1) is 11.7. The highest BCUT2D eigenvalue weighted by Crippen LogP contribution is 2.27. The summed E-state index contributed by atoms with van der Waals surface area (Å²) in [6.45, 7) is 3.30. The van der Waals surface area contributed by atoms with Gasteiger partial charge in [0.15, 0.2) is 23.3 Å². The summed E-state index contributed by atoms with van der Waals surface area (Å²) in [5, 5.41) is -0.160. The van der Waals surface area contributed by atoms with E-state index < -0.39 is 37.8 Å². The van der Waals surface area contributed by atoms with E-state index in [0.717, 1.165) is 0 Å². The first kappa shape index (κ1) is 21.8. The number of rotatable bonds is 10. The van der Waals surface area contributed by atoms with Crippen LogP contribution in [-0.2, 0) is 13.3 Å². The molecule has 1 aromatic carbocycles. The molecule has 0 aliphatic carbocycles. The van der Waals surface area contributed by atoms with E-state index in [1.165, 1.54) is 14.2 Å². The summed E-state index contributed by atoms with van der Waals surface area (Å²) in [4.78, 5) is 0. The molecule has 25 heavy (non-hydrogen) atoms. The van der Waals surface area contributed by atoms with Crippen molar-refractivity contribution < 1.29 is 35.3 Å². The molecule has 0 aliphatic heterocycles. The first-order valence-electron chi connectivity index (χ1n) is 7.71. The molecule has 0 saturated carbocycles. The van der Waals surface area contributed by atoms with E-state index in [0.29, 0.717) is 12.5 Å². The zero-order valence-corrected chi connectivity index (χ0v) is 15.5. The van der Waals surface area contributed by atoms with Gasteiger partial charge in [0.05, 0.1) is 6.54 Å². The maximum atomic E-state index is 13.9. The average molecular weight is 387 g/mol. The Kier molecular flexibility index (Phi) is 8.25. The summed E-state index contributed by atoms with van der Waals surface area (Å²) in [6, 6.07) is 0.666. The molecule has 0 N–H and O–H groups in total. The minimum Gasteiger partial charge on any atom is -0.377 e. The van der Waals surface area contributed by atoms with Crippen LogP contribution >= 0.6 is 0 Å². The summed E-state index contributed by atoms with van der Waals surface area (Å²) in [6.07, 6.45) is 0.498. The monoisotopic (exact) mass is 387 g/mol. The number of nitrogens with zero attached hydrogens (tertiary/aromatic N) is 1. The van der Waals surface area contributed by atoms with E-state index in [9.17, 15) is 22.0 Å². The zero-order chi connectivity index (χ0) is 19.2. The lowest BCUT2D eigenvalue weighted by molar-refractivity contribution is 0.0693. The fraction of sp³-hybridized carbons (Fsp3) is 0.600. The fourth-order valence-corrected chi connectivity index (χ4v) is 4.54. The highest BCUT2D eigenvalue weighted by Gasteiger charge is 2.39. The van der Waals surface area contributed by atoms with Crippen molar-refractivity contribution in [3.05, 3.63) is 29.3 Å². The van der Waals surface area contributed by atoms with E-state index >= 15 is 0 Å². The van der Waals surface area contributed by atoms with Gasteiger partial charge in [0, 0.05) is 32.4 Å². The molecular formula is C15H22F5NO3Si. The van der Waals surface area contributed by atoms with Crippen LogP contribution in [0, 0.1) is 23.3 Å². The molecule has 0 unspecified atom stereocenters. The SMILES string of the molecule is CO[Si](CCCCN(F)c1cc(F)c(F)c(F)c1F)(OC)OC(C)C. The average Bonchev–Trinajstić information content (AvgIpc) is 2.58. The van der Waals surface area contributed by atoms with Crippen LogP contribution in [0.15, 0.2) is 6.07 Å². The second-order valence-corrected chi connectivity index (χ2v) is 8.54. The Morgan fingerprint density at radius 2 is 1.60 bits per heavy atom. The number of benzene rings is 1. The standard InChI is InChI=1S/C15H22F5NO3Si/c1-10(2)24-25(22-3,23-4)8-6-5-7-21(20)12-9-11(16)13(17)15(19)14(12)18/h9-10H,5-8H2,1-4H3. The molecule has 4 nitrogen and oxygen atoms in total. The second-order valence-electron chi connectivity index (χ2n) is 5.62. The molecule has 0 atom stereocenters. The van der Waals surface area contributed by atoms with Crippen molar-refractivity contribution in [3.63, 3.8) is 0 Å². The third-order valence-corrected chi connectivity index (χ3v) is 6.51. The third-order valence-electron chi connectivity index (χ3n) is 3.47. The summed E-state index contributed by atoms with van der Waals surface area (Å²) in [5.41, 5.74) is -0.989. The second kappa shape index (κ2) is 9.46. The topological polar surface area (TPSA) is 30.9 Å². The maximum absolute atomic E-state index is 13.9. The van der Waals surface area contributed by atoms with E-state index in [1.807, 2.05) is 13.8 Å². The van der Waals surface area contributed by atoms with Gasteiger partial charge in [-0.15, -0.1) is 0 Å². The van der Waals surface area contributed by atoms with Gasteiger partial charge in [-0.1, -0.05) is 4.48 Å². The van der Waals surface area contributed by atoms with Crippen LogP contribution < -0.4 is 5.12 Å². The molecule has 0 fully saturated rings. The molecule has 1 rings (SSSR count). The third kappa shape index (κ3) is 5.63. The van der Waals surface area contributed by atoms with Crippen LogP contribution in [0.3, 0.4) is 0 Å². The molecule has 1 aromatic rings. The van der Waals surface area contributed by atoms with Crippen molar-refractivity contribution in [1.29, 1.82) is 0 Å². The van der Waals surface area contributed by atoms with Crippen LogP contribution in [-0.4, -0.2) is 35.7 Å². The smallest absolute Gasteiger partial charge is 0.377 e. The van der Waals surface area contributed by atoms with Crippen LogP contribution in [0.1, 0.15) is 26.7 Å². The predicted molar refractivity (Wildman–Crippen MR) is 84.8 cm³/mol. The molecule has 0 heterocycles. The van der Waals surface area contributed by atoms with Gasteiger partial charge in [-0.25, -0.2) is 22.7 Å². The lowest BCUT2D eigenvalue weighted by atomic mass is 10.2. The molecule has 0 radical (unpaired) electrons. The van der Waals surface area contributed by atoms with Crippen molar-refractivity contribution in [1.82, 2.24) is 0 Å². The van der Waals surface area contributed by atoms with Gasteiger partial charge >= 0.3 is 8.80 Å². The molecule has 0 aromatic heterocycles. The Hall–Kier alpha value is -1.23. The molecule has 0 saturated heterocycles. The zero-order valence-electron chi connectivity index (χ0n) is 14.5. The van der Waals surface area contributed by atoms with Crippen LogP contribution in [0.2, 0.25) is 6.04 Å². The van der Waals surface area contributed by atoms with Crippen molar-refractivity contribution in [3.8, 4) is 0 Å². The van der Waals surface area contributed by atoms with E-state index in [2.05, 4.69) is 0 Å². The molecular weight excluding hydrogens is 365 g/mol. The highest BCUT2D eigenvalue weighted by molar-refractivity contribution is 6.60. The van der Waals surface area contributed by atoms with Gasteiger partial charge in [-0.05, 0) is 26.7 Å². The van der Waals surface area contributed by atoms with E-state index in [-0.39, 0.29) is 30.3 Å². The molecule has 0 amide bonds. The number of unbranched alkanes of at least 4 members (excludes halogenated alkanes) is 1. The highest BCUT2D eigenvalue weighted by atomic mass is 28.4. The number of hydrogen-bond acceptors (Lipinski definition) is 4. The Morgan fingerprint density at radius 1 is 1.00 bits per heavy atom. The summed E-state index contributed by atoms with van der Waals surface area (Å²) < 4.78 is 83.0. The van der Waals surface area contributed by atoms with Crippen LogP contribution in [0.25, 0.3) is 0 Å².